The predicted molar refractivity (Wildman–Crippen MR) is 119 cm³/mol. The number of allylic oxidation sites excluding steroid dienone is 1. The smallest absolute Gasteiger partial charge is 0.322 e. The molecule has 0 bridgehead atoms. The number of benzene rings is 2. The van der Waals surface area contributed by atoms with Crippen LogP contribution in [0.25, 0.3) is 17.0 Å². The molecule has 1 atom stereocenters. The molecule has 0 saturated carbocycles. The summed E-state index contributed by atoms with van der Waals surface area (Å²) in [6.07, 6.45) is 2.89. The number of thioether (sulfide) groups is 1. The molecule has 154 valence electrons. The second-order valence-electron chi connectivity index (χ2n) is 7.10. The first-order valence-electron chi connectivity index (χ1n) is 9.94. The minimum atomic E-state index is -0.348. The highest BCUT2D eigenvalue weighted by Gasteiger charge is 2.35. The van der Waals surface area contributed by atoms with Gasteiger partial charge in [0.15, 0.2) is 0 Å². The molecule has 30 heavy (non-hydrogen) atoms. The first-order chi connectivity index (χ1) is 14.6. The van der Waals surface area contributed by atoms with Crippen molar-refractivity contribution < 1.29 is 9.32 Å². The van der Waals surface area contributed by atoms with E-state index in [4.69, 9.17) is 4.52 Å². The minimum Gasteiger partial charge on any atom is -0.334 e. The third kappa shape index (κ3) is 3.85. The Bertz CT molecular complexity index is 1060. The van der Waals surface area contributed by atoms with Crippen molar-refractivity contribution in [1.82, 2.24) is 20.4 Å². The zero-order valence-corrected chi connectivity index (χ0v) is 18.1. The minimum absolute atomic E-state index is 0.112. The maximum Gasteiger partial charge on any atom is 0.322 e. The van der Waals surface area contributed by atoms with Crippen LogP contribution in [-0.4, -0.2) is 33.9 Å². The number of nitrogens with one attached hydrogen (secondary N) is 1. The standard InChI is InChI=1S/C23H24N4O2S/c1-4-14-27-15(2)19(20(24-23(27)28)16-8-6-5-7-9-16)22-25-21(26-29-22)17-10-12-18(30-3)13-11-17/h5-13,20H,4,14H2,1-3H3,(H,24,28). The van der Waals surface area contributed by atoms with Crippen molar-refractivity contribution in [2.24, 2.45) is 0 Å². The maximum atomic E-state index is 12.8. The molecule has 0 aliphatic carbocycles. The fourth-order valence-corrected chi connectivity index (χ4v) is 4.05. The summed E-state index contributed by atoms with van der Waals surface area (Å²) in [5.41, 5.74) is 3.53. The molecule has 2 amide bonds. The average molecular weight is 421 g/mol. The van der Waals surface area contributed by atoms with Gasteiger partial charge in [-0.2, -0.15) is 4.98 Å². The Balaban J connectivity index is 1.77. The highest BCUT2D eigenvalue weighted by atomic mass is 32.2. The molecule has 3 aromatic rings. The summed E-state index contributed by atoms with van der Waals surface area (Å²) in [4.78, 5) is 20.4. The third-order valence-electron chi connectivity index (χ3n) is 5.18. The van der Waals surface area contributed by atoms with Crippen molar-refractivity contribution in [2.45, 2.75) is 31.2 Å². The van der Waals surface area contributed by atoms with Gasteiger partial charge in [0.05, 0.1) is 11.6 Å². The summed E-state index contributed by atoms with van der Waals surface area (Å²) >= 11 is 1.69. The lowest BCUT2D eigenvalue weighted by Gasteiger charge is -2.35. The summed E-state index contributed by atoms with van der Waals surface area (Å²) in [5.74, 6) is 0.954. The van der Waals surface area contributed by atoms with Gasteiger partial charge >= 0.3 is 6.03 Å². The molecule has 1 unspecified atom stereocenters. The molecule has 6 nitrogen and oxygen atoms in total. The van der Waals surface area contributed by atoms with E-state index in [1.807, 2.05) is 74.7 Å². The lowest BCUT2D eigenvalue weighted by molar-refractivity contribution is 0.205. The number of urea groups is 1. The SMILES string of the molecule is CCCN1C(=O)NC(c2ccccc2)C(c2nc(-c3ccc(SC)cc3)no2)=C1C. The lowest BCUT2D eigenvalue weighted by atomic mass is 9.94. The largest absolute Gasteiger partial charge is 0.334 e. The van der Waals surface area contributed by atoms with E-state index < -0.39 is 0 Å². The number of amides is 2. The fourth-order valence-electron chi connectivity index (χ4n) is 3.64. The molecular weight excluding hydrogens is 396 g/mol. The normalized spacial score (nSPS) is 16.7. The molecule has 1 aromatic heterocycles. The van der Waals surface area contributed by atoms with Crippen molar-refractivity contribution in [3.63, 3.8) is 0 Å². The molecule has 1 N–H and O–H groups in total. The zero-order valence-electron chi connectivity index (χ0n) is 17.3. The van der Waals surface area contributed by atoms with E-state index in [9.17, 15) is 4.79 Å². The number of carbonyl (C=O) groups is 1. The van der Waals surface area contributed by atoms with Crippen LogP contribution >= 0.6 is 11.8 Å². The lowest BCUT2D eigenvalue weighted by Crippen LogP contribution is -2.46. The van der Waals surface area contributed by atoms with Crippen LogP contribution in [0.1, 0.15) is 37.8 Å². The van der Waals surface area contributed by atoms with Crippen LogP contribution in [0.2, 0.25) is 0 Å². The van der Waals surface area contributed by atoms with Crippen molar-refractivity contribution in [2.75, 3.05) is 12.8 Å². The van der Waals surface area contributed by atoms with Crippen LogP contribution in [0.4, 0.5) is 4.79 Å². The van der Waals surface area contributed by atoms with Gasteiger partial charge in [-0.25, -0.2) is 4.79 Å². The van der Waals surface area contributed by atoms with Gasteiger partial charge in [0.2, 0.25) is 5.82 Å². The summed E-state index contributed by atoms with van der Waals surface area (Å²) in [5, 5.41) is 7.32. The van der Waals surface area contributed by atoms with Crippen LogP contribution in [0, 0.1) is 0 Å². The number of hydrogen-bond donors (Lipinski definition) is 1. The van der Waals surface area contributed by atoms with E-state index in [0.717, 1.165) is 28.8 Å². The van der Waals surface area contributed by atoms with Gasteiger partial charge in [-0.1, -0.05) is 42.4 Å². The number of carbonyl (C=O) groups excluding carboxylic acids is 1. The van der Waals surface area contributed by atoms with E-state index >= 15 is 0 Å². The molecule has 4 rings (SSSR count). The number of hydrogen-bond acceptors (Lipinski definition) is 5. The summed E-state index contributed by atoms with van der Waals surface area (Å²) in [6, 6.07) is 17.4. The Morgan fingerprint density at radius 3 is 2.53 bits per heavy atom. The Morgan fingerprint density at radius 2 is 1.87 bits per heavy atom. The Labute approximate surface area is 180 Å². The third-order valence-corrected chi connectivity index (χ3v) is 5.92. The van der Waals surface area contributed by atoms with Gasteiger partial charge in [0.25, 0.3) is 5.89 Å². The van der Waals surface area contributed by atoms with Gasteiger partial charge in [0, 0.05) is 22.7 Å². The molecule has 0 saturated heterocycles. The highest BCUT2D eigenvalue weighted by Crippen LogP contribution is 2.37. The molecule has 1 aliphatic rings. The Kier molecular flexibility index (Phi) is 5.90. The Morgan fingerprint density at radius 1 is 1.13 bits per heavy atom. The van der Waals surface area contributed by atoms with E-state index in [2.05, 4.69) is 15.5 Å². The van der Waals surface area contributed by atoms with Gasteiger partial charge < -0.3 is 9.84 Å². The monoisotopic (exact) mass is 420 g/mol. The molecular formula is C23H24N4O2S. The molecule has 1 aliphatic heterocycles. The second-order valence-corrected chi connectivity index (χ2v) is 7.98. The molecule has 0 spiro atoms. The van der Waals surface area contributed by atoms with Crippen molar-refractivity contribution in [1.29, 1.82) is 0 Å². The fraction of sp³-hybridized carbons (Fsp3) is 0.261. The summed E-state index contributed by atoms with van der Waals surface area (Å²) < 4.78 is 5.70. The first-order valence-corrected chi connectivity index (χ1v) is 11.2. The van der Waals surface area contributed by atoms with Crippen LogP contribution < -0.4 is 5.32 Å². The Hall–Kier alpha value is -3.06. The average Bonchev–Trinajstić information content (AvgIpc) is 3.26. The van der Waals surface area contributed by atoms with E-state index in [1.165, 1.54) is 4.90 Å². The van der Waals surface area contributed by atoms with Crippen molar-refractivity contribution >= 4 is 23.4 Å². The van der Waals surface area contributed by atoms with E-state index in [1.54, 1.807) is 16.7 Å². The van der Waals surface area contributed by atoms with E-state index in [0.29, 0.717) is 18.3 Å². The van der Waals surface area contributed by atoms with Crippen LogP contribution in [0.3, 0.4) is 0 Å². The van der Waals surface area contributed by atoms with Gasteiger partial charge in [0.1, 0.15) is 0 Å². The predicted octanol–water partition coefficient (Wildman–Crippen LogP) is 5.37. The molecule has 0 fully saturated rings. The first kappa shape index (κ1) is 20.2. The number of aromatic nitrogens is 2. The molecule has 2 aromatic carbocycles. The van der Waals surface area contributed by atoms with Crippen molar-refractivity contribution in [3.8, 4) is 11.4 Å². The van der Waals surface area contributed by atoms with E-state index in [-0.39, 0.29) is 12.1 Å². The van der Waals surface area contributed by atoms with Crippen LogP contribution in [0.15, 0.2) is 69.7 Å². The molecule has 2 heterocycles. The van der Waals surface area contributed by atoms with Gasteiger partial charge in [-0.3, -0.25) is 4.90 Å². The molecule has 7 heteroatoms. The highest BCUT2D eigenvalue weighted by molar-refractivity contribution is 7.98. The molecule has 0 radical (unpaired) electrons. The maximum absolute atomic E-state index is 12.8. The summed E-state index contributed by atoms with van der Waals surface area (Å²) in [6.45, 7) is 4.61. The number of nitrogens with zero attached hydrogens (tertiary/aromatic N) is 3. The second kappa shape index (κ2) is 8.75. The number of rotatable bonds is 6. The van der Waals surface area contributed by atoms with Gasteiger partial charge in [-0.15, -0.1) is 11.8 Å². The zero-order chi connectivity index (χ0) is 21.1. The topological polar surface area (TPSA) is 71.3 Å². The quantitative estimate of drug-likeness (QED) is 0.543. The van der Waals surface area contributed by atoms with Crippen molar-refractivity contribution in [3.05, 3.63) is 71.7 Å². The van der Waals surface area contributed by atoms with Crippen LogP contribution in [0.5, 0.6) is 0 Å². The summed E-state index contributed by atoms with van der Waals surface area (Å²) in [7, 11) is 0. The van der Waals surface area contributed by atoms with Gasteiger partial charge in [-0.05, 0) is 49.4 Å². The van der Waals surface area contributed by atoms with Crippen LogP contribution in [-0.2, 0) is 0 Å².